The van der Waals surface area contributed by atoms with Crippen molar-refractivity contribution in [2.45, 2.75) is 30.5 Å². The average molecular weight is 533 g/mol. The van der Waals surface area contributed by atoms with Crippen LogP contribution in [0.4, 0.5) is 17.6 Å². The van der Waals surface area contributed by atoms with E-state index in [1.54, 1.807) is 12.1 Å². The molecule has 1 aromatic carbocycles. The summed E-state index contributed by atoms with van der Waals surface area (Å²) in [5, 5.41) is 4.19. The van der Waals surface area contributed by atoms with Crippen LogP contribution in [0.15, 0.2) is 48.8 Å². The highest BCUT2D eigenvalue weighted by molar-refractivity contribution is 7.81. The summed E-state index contributed by atoms with van der Waals surface area (Å²) in [5.74, 6) is 4.91. The van der Waals surface area contributed by atoms with E-state index in [1.807, 2.05) is 0 Å². The molecule has 2 atom stereocenters. The highest BCUT2D eigenvalue weighted by atomic mass is 35.5. The number of pyridine rings is 2. The van der Waals surface area contributed by atoms with E-state index in [1.165, 1.54) is 41.3 Å². The van der Waals surface area contributed by atoms with Crippen LogP contribution in [-0.4, -0.2) is 31.6 Å². The van der Waals surface area contributed by atoms with Crippen molar-refractivity contribution in [3.8, 4) is 23.0 Å². The molecule has 184 valence electrons. The second-order valence-electron chi connectivity index (χ2n) is 8.22. The minimum Gasteiger partial charge on any atom is -0.355 e. The maximum absolute atomic E-state index is 14.0. The van der Waals surface area contributed by atoms with E-state index >= 15 is 0 Å². The fourth-order valence-corrected chi connectivity index (χ4v) is 4.25. The van der Waals surface area contributed by atoms with E-state index in [9.17, 15) is 17.6 Å². The molecule has 2 unspecified atom stereocenters. The Bertz CT molecular complexity index is 1500. The van der Waals surface area contributed by atoms with Gasteiger partial charge in [0.25, 0.3) is 0 Å². The zero-order valence-corrected chi connectivity index (χ0v) is 20.1. The van der Waals surface area contributed by atoms with Crippen LogP contribution >= 0.6 is 24.2 Å². The van der Waals surface area contributed by atoms with Crippen LogP contribution < -0.4 is 0 Å². The number of nitrogens with zero attached hydrogens (tertiary/aromatic N) is 4. The van der Waals surface area contributed by atoms with Crippen molar-refractivity contribution < 1.29 is 22.3 Å². The van der Waals surface area contributed by atoms with Crippen molar-refractivity contribution in [1.82, 2.24) is 19.7 Å². The number of alkyl halides is 3. The minimum atomic E-state index is -4.68. The number of halogens is 5. The molecule has 0 radical (unpaired) electrons. The zero-order chi connectivity index (χ0) is 25.4. The summed E-state index contributed by atoms with van der Waals surface area (Å²) >= 11 is 10.2. The Kier molecular flexibility index (Phi) is 6.64. The molecule has 0 saturated carbocycles. The number of rotatable bonds is 2. The van der Waals surface area contributed by atoms with E-state index < -0.39 is 23.9 Å². The standard InChI is InChI=1S/C25H17ClF4N4OS/c26-16-2-6-20(27)14(9-16)1-3-17-4-7-21-22(32-17)10-15(11-31-21)19-12-34(33-24(19)25(28,29)30)23-8-5-18(36)13-35-23/h2,4,6-7,9-12,18,23,36H,5,8,13H2. The molecule has 5 nitrogen and oxygen atoms in total. The van der Waals surface area contributed by atoms with Crippen LogP contribution in [-0.2, 0) is 10.9 Å². The lowest BCUT2D eigenvalue weighted by atomic mass is 10.1. The number of ether oxygens (including phenoxy) is 1. The second kappa shape index (κ2) is 9.73. The van der Waals surface area contributed by atoms with Gasteiger partial charge in [0.2, 0.25) is 0 Å². The Morgan fingerprint density at radius 1 is 1.08 bits per heavy atom. The summed E-state index contributed by atoms with van der Waals surface area (Å²) in [6.45, 7) is 0.328. The van der Waals surface area contributed by atoms with Crippen molar-refractivity contribution in [3.63, 3.8) is 0 Å². The van der Waals surface area contributed by atoms with E-state index in [0.29, 0.717) is 41.2 Å². The molecule has 5 rings (SSSR count). The van der Waals surface area contributed by atoms with Crippen molar-refractivity contribution in [2.24, 2.45) is 0 Å². The first-order valence-electron chi connectivity index (χ1n) is 10.9. The first kappa shape index (κ1) is 24.6. The van der Waals surface area contributed by atoms with Crippen LogP contribution in [0.5, 0.6) is 0 Å². The average Bonchev–Trinajstić information content (AvgIpc) is 3.31. The van der Waals surface area contributed by atoms with Gasteiger partial charge in [0.05, 0.1) is 23.2 Å². The lowest BCUT2D eigenvalue weighted by Gasteiger charge is -2.26. The van der Waals surface area contributed by atoms with Gasteiger partial charge in [-0.2, -0.15) is 30.9 Å². The number of hydrogen-bond donors (Lipinski definition) is 1. The fraction of sp³-hybridized carbons (Fsp3) is 0.240. The lowest BCUT2D eigenvalue weighted by Crippen LogP contribution is -2.25. The predicted molar refractivity (Wildman–Crippen MR) is 130 cm³/mol. The molecule has 36 heavy (non-hydrogen) atoms. The molecule has 11 heteroatoms. The Balaban J connectivity index is 1.52. The summed E-state index contributed by atoms with van der Waals surface area (Å²) in [7, 11) is 0. The first-order chi connectivity index (χ1) is 17.2. The van der Waals surface area contributed by atoms with E-state index in [2.05, 4.69) is 39.5 Å². The smallest absolute Gasteiger partial charge is 0.355 e. The third-order valence-corrected chi connectivity index (χ3v) is 6.27. The summed E-state index contributed by atoms with van der Waals surface area (Å²) in [4.78, 5) is 8.66. The van der Waals surface area contributed by atoms with Gasteiger partial charge in [-0.3, -0.25) is 4.98 Å². The molecule has 0 aliphatic carbocycles. The molecule has 1 fully saturated rings. The molecule has 0 spiro atoms. The molecule has 4 heterocycles. The molecule has 1 saturated heterocycles. The first-order valence-corrected chi connectivity index (χ1v) is 11.8. The van der Waals surface area contributed by atoms with Gasteiger partial charge >= 0.3 is 6.18 Å². The summed E-state index contributed by atoms with van der Waals surface area (Å²) in [6.07, 6.45) is -1.42. The van der Waals surface area contributed by atoms with Crippen molar-refractivity contribution in [2.75, 3.05) is 6.61 Å². The van der Waals surface area contributed by atoms with Crippen LogP contribution in [0.3, 0.4) is 0 Å². The van der Waals surface area contributed by atoms with Gasteiger partial charge in [-0.25, -0.2) is 14.1 Å². The maximum atomic E-state index is 14.0. The number of aromatic nitrogens is 4. The molecule has 0 N–H and O–H groups in total. The molecule has 4 aromatic rings. The predicted octanol–water partition coefficient (Wildman–Crippen LogP) is 6.31. The molecule has 1 aliphatic rings. The quantitative estimate of drug-likeness (QED) is 0.187. The van der Waals surface area contributed by atoms with Crippen LogP contribution in [0.2, 0.25) is 5.02 Å². The second-order valence-corrected chi connectivity index (χ2v) is 9.39. The third kappa shape index (κ3) is 5.19. The molecule has 0 bridgehead atoms. The van der Waals surface area contributed by atoms with Gasteiger partial charge < -0.3 is 4.74 Å². The van der Waals surface area contributed by atoms with Crippen molar-refractivity contribution >= 4 is 35.3 Å². The highest BCUT2D eigenvalue weighted by Crippen LogP contribution is 2.38. The normalized spacial score (nSPS) is 18.2. The van der Waals surface area contributed by atoms with E-state index in [-0.39, 0.29) is 21.9 Å². The van der Waals surface area contributed by atoms with Crippen LogP contribution in [0.25, 0.3) is 22.2 Å². The van der Waals surface area contributed by atoms with E-state index in [0.717, 1.165) is 0 Å². The summed E-state index contributed by atoms with van der Waals surface area (Å²) in [5.41, 5.74) is 0.230. The molecule has 3 aromatic heterocycles. The number of benzene rings is 1. The van der Waals surface area contributed by atoms with Gasteiger partial charge in [0, 0.05) is 33.8 Å². The monoisotopic (exact) mass is 532 g/mol. The molecule has 1 aliphatic heterocycles. The number of fused-ring (bicyclic) bond motifs is 1. The Morgan fingerprint density at radius 3 is 2.67 bits per heavy atom. The Hall–Kier alpha value is -3.13. The number of hydrogen-bond acceptors (Lipinski definition) is 5. The third-order valence-electron chi connectivity index (χ3n) is 5.63. The number of thiol groups is 1. The van der Waals surface area contributed by atoms with Crippen LogP contribution in [0, 0.1) is 17.7 Å². The van der Waals surface area contributed by atoms with E-state index in [4.69, 9.17) is 16.3 Å². The maximum Gasteiger partial charge on any atom is 0.435 e. The van der Waals surface area contributed by atoms with Gasteiger partial charge in [-0.05, 0) is 55.2 Å². The molecular formula is C25H17ClF4N4OS. The van der Waals surface area contributed by atoms with Gasteiger partial charge in [-0.1, -0.05) is 17.5 Å². The molecule has 0 amide bonds. The lowest BCUT2D eigenvalue weighted by molar-refractivity contribution is -0.141. The van der Waals surface area contributed by atoms with Crippen molar-refractivity contribution in [1.29, 1.82) is 0 Å². The summed E-state index contributed by atoms with van der Waals surface area (Å²) in [6, 6.07) is 8.76. The summed E-state index contributed by atoms with van der Waals surface area (Å²) < 4.78 is 62.4. The molecular weight excluding hydrogens is 516 g/mol. The zero-order valence-electron chi connectivity index (χ0n) is 18.4. The topological polar surface area (TPSA) is 52.8 Å². The largest absolute Gasteiger partial charge is 0.435 e. The van der Waals surface area contributed by atoms with Gasteiger partial charge in [0.15, 0.2) is 5.69 Å². The van der Waals surface area contributed by atoms with Gasteiger partial charge in [0.1, 0.15) is 17.7 Å². The Labute approximate surface area is 213 Å². The minimum absolute atomic E-state index is 0.0433. The fourth-order valence-electron chi connectivity index (χ4n) is 3.84. The Morgan fingerprint density at radius 2 is 1.92 bits per heavy atom. The van der Waals surface area contributed by atoms with Gasteiger partial charge in [-0.15, -0.1) is 0 Å². The van der Waals surface area contributed by atoms with Crippen molar-refractivity contribution in [3.05, 3.63) is 76.6 Å². The van der Waals surface area contributed by atoms with Crippen LogP contribution in [0.1, 0.15) is 36.0 Å². The highest BCUT2D eigenvalue weighted by Gasteiger charge is 2.38. The SMILES string of the molecule is Fc1ccc(Cl)cc1C#Cc1ccc2ncc(-c3cn(C4CCC(S)CO4)nc3C(F)(F)F)cc2n1.